The van der Waals surface area contributed by atoms with Gasteiger partial charge in [0.1, 0.15) is 0 Å². The van der Waals surface area contributed by atoms with Crippen LogP contribution in [0.2, 0.25) is 0 Å². The summed E-state index contributed by atoms with van der Waals surface area (Å²) < 4.78 is 0. The van der Waals surface area contributed by atoms with Gasteiger partial charge < -0.3 is 0 Å². The molecule has 0 atom stereocenters. The Kier molecular flexibility index (Phi) is 5.78. The lowest BCUT2D eigenvalue weighted by molar-refractivity contribution is 0.100. The summed E-state index contributed by atoms with van der Waals surface area (Å²) in [6.45, 7) is 10.0. The Morgan fingerprint density at radius 1 is 0.382 bits per heavy atom. The van der Waals surface area contributed by atoms with E-state index < -0.39 is 0 Å². The highest BCUT2D eigenvalue weighted by Gasteiger charge is 2.23. The minimum Gasteiger partial charge on any atom is -0.294 e. The summed E-state index contributed by atoms with van der Waals surface area (Å²) in [6, 6.07) is 14.7. The maximum atomic E-state index is 12.5. The standard InChI is InChI=1S/C28H20O4.C2H6/c1-13(29)17-5-9-21-23-11-7-19(15(3)31)26-20(16(4)32)8-12-24(28(23)26)22-10-6-18(14(2)30)25(17)27(21)22;1-2/h5-12H,1-4H3;1-2H3. The molecule has 0 unspecified atom stereocenters. The highest BCUT2D eigenvalue weighted by Crippen LogP contribution is 2.44. The van der Waals surface area contributed by atoms with Crippen LogP contribution in [0.5, 0.6) is 0 Å². The van der Waals surface area contributed by atoms with E-state index in [9.17, 15) is 19.2 Å². The Labute approximate surface area is 197 Å². The molecular formula is C30H26O4. The molecule has 0 N–H and O–H groups in total. The van der Waals surface area contributed by atoms with Crippen molar-refractivity contribution in [3.05, 3.63) is 70.8 Å². The third-order valence-electron chi connectivity index (χ3n) is 6.42. The maximum absolute atomic E-state index is 12.5. The summed E-state index contributed by atoms with van der Waals surface area (Å²) >= 11 is 0. The first kappa shape index (κ1) is 23.2. The van der Waals surface area contributed by atoms with E-state index in [1.165, 1.54) is 27.7 Å². The van der Waals surface area contributed by atoms with Crippen molar-refractivity contribution in [2.75, 3.05) is 0 Å². The van der Waals surface area contributed by atoms with Gasteiger partial charge in [0.05, 0.1) is 0 Å². The molecule has 0 fully saturated rings. The number of fused-ring (bicyclic) bond motifs is 2. The van der Waals surface area contributed by atoms with Crippen LogP contribution in [0.25, 0.3) is 43.1 Å². The van der Waals surface area contributed by atoms with Gasteiger partial charge in [-0.15, -0.1) is 0 Å². The maximum Gasteiger partial charge on any atom is 0.160 e. The fourth-order valence-electron chi connectivity index (χ4n) is 5.06. The number of carbonyl (C=O) groups excluding carboxylic acids is 4. The third kappa shape index (κ3) is 3.21. The molecule has 0 aliphatic carbocycles. The van der Waals surface area contributed by atoms with Crippen LogP contribution in [-0.2, 0) is 0 Å². The van der Waals surface area contributed by atoms with Gasteiger partial charge in [0.25, 0.3) is 0 Å². The first-order chi connectivity index (χ1) is 16.2. The number of rotatable bonds is 4. The molecule has 5 rings (SSSR count). The van der Waals surface area contributed by atoms with Crippen LogP contribution in [0.15, 0.2) is 48.5 Å². The zero-order valence-corrected chi connectivity index (χ0v) is 20.3. The molecule has 0 saturated carbocycles. The van der Waals surface area contributed by atoms with Crippen LogP contribution in [0.4, 0.5) is 0 Å². The van der Waals surface area contributed by atoms with Gasteiger partial charge in [-0.3, -0.25) is 19.2 Å². The Hall–Kier alpha value is -3.92. The van der Waals surface area contributed by atoms with Gasteiger partial charge in [-0.05, 0) is 60.0 Å². The molecule has 0 bridgehead atoms. The molecule has 34 heavy (non-hydrogen) atoms. The van der Waals surface area contributed by atoms with Crippen molar-refractivity contribution in [2.24, 2.45) is 0 Å². The predicted octanol–water partition coefficient (Wildman–Crippen LogP) is 7.57. The Balaban J connectivity index is 0.00000133. The fraction of sp³-hybridized carbons (Fsp3) is 0.200. The number of carbonyl (C=O) groups is 4. The van der Waals surface area contributed by atoms with Crippen LogP contribution in [0.1, 0.15) is 83.0 Å². The molecular weight excluding hydrogens is 424 g/mol. The molecule has 0 spiro atoms. The summed E-state index contributed by atoms with van der Waals surface area (Å²) in [6.07, 6.45) is 0. The number of ketones is 4. The van der Waals surface area contributed by atoms with Crippen LogP contribution in [0, 0.1) is 0 Å². The van der Waals surface area contributed by atoms with Crippen LogP contribution in [0.3, 0.4) is 0 Å². The van der Waals surface area contributed by atoms with E-state index >= 15 is 0 Å². The van der Waals surface area contributed by atoms with Crippen LogP contribution < -0.4 is 0 Å². The van der Waals surface area contributed by atoms with Gasteiger partial charge in [-0.25, -0.2) is 0 Å². The topological polar surface area (TPSA) is 68.3 Å². The van der Waals surface area contributed by atoms with Gasteiger partial charge in [-0.1, -0.05) is 62.4 Å². The summed E-state index contributed by atoms with van der Waals surface area (Å²) in [4.78, 5) is 49.8. The number of Topliss-reactive ketones (excluding diaryl/α,β-unsaturated/α-hetero) is 4. The molecule has 4 nitrogen and oxygen atoms in total. The second kappa shape index (κ2) is 8.45. The second-order valence-electron chi connectivity index (χ2n) is 8.37. The van der Waals surface area contributed by atoms with Gasteiger partial charge in [0, 0.05) is 33.0 Å². The van der Waals surface area contributed by atoms with E-state index in [1.807, 2.05) is 38.1 Å². The highest BCUT2D eigenvalue weighted by molar-refractivity contribution is 6.38. The molecule has 0 saturated heterocycles. The molecule has 0 aliphatic rings. The lowest BCUT2D eigenvalue weighted by Gasteiger charge is -2.19. The lowest BCUT2D eigenvalue weighted by atomic mass is 9.83. The SMILES string of the molecule is CC.CC(=O)c1ccc2c3ccc(C(C)=O)c4c(C(C)=O)ccc(c5ccc(C(C)=O)c1c25)c43. The van der Waals surface area contributed by atoms with Crippen molar-refractivity contribution >= 4 is 66.2 Å². The fourth-order valence-corrected chi connectivity index (χ4v) is 5.06. The van der Waals surface area contributed by atoms with Gasteiger partial charge in [-0.2, -0.15) is 0 Å². The predicted molar refractivity (Wildman–Crippen MR) is 139 cm³/mol. The van der Waals surface area contributed by atoms with Gasteiger partial charge in [0.2, 0.25) is 0 Å². The van der Waals surface area contributed by atoms with Gasteiger partial charge >= 0.3 is 0 Å². The van der Waals surface area contributed by atoms with Gasteiger partial charge in [0.15, 0.2) is 23.1 Å². The molecule has 170 valence electrons. The number of hydrogen-bond donors (Lipinski definition) is 0. The third-order valence-corrected chi connectivity index (χ3v) is 6.42. The smallest absolute Gasteiger partial charge is 0.160 e. The molecule has 5 aromatic rings. The molecule has 0 aromatic heterocycles. The number of hydrogen-bond acceptors (Lipinski definition) is 4. The van der Waals surface area contributed by atoms with Crippen molar-refractivity contribution in [1.29, 1.82) is 0 Å². The monoisotopic (exact) mass is 450 g/mol. The minimum atomic E-state index is -0.106. The largest absolute Gasteiger partial charge is 0.294 e. The highest BCUT2D eigenvalue weighted by atomic mass is 16.1. The minimum absolute atomic E-state index is 0.106. The van der Waals surface area contributed by atoms with E-state index in [0.29, 0.717) is 33.0 Å². The molecule has 4 heteroatoms. The summed E-state index contributed by atoms with van der Waals surface area (Å²) in [5.74, 6) is -0.422. The molecule has 0 radical (unpaired) electrons. The van der Waals surface area contributed by atoms with Crippen LogP contribution >= 0.6 is 0 Å². The normalized spacial score (nSPS) is 11.1. The summed E-state index contributed by atoms with van der Waals surface area (Å²) in [7, 11) is 0. The molecule has 5 aromatic carbocycles. The quantitative estimate of drug-likeness (QED) is 0.161. The van der Waals surface area contributed by atoms with Crippen molar-refractivity contribution < 1.29 is 19.2 Å². The summed E-state index contributed by atoms with van der Waals surface area (Å²) in [5.41, 5.74) is 2.04. The van der Waals surface area contributed by atoms with Crippen molar-refractivity contribution in [3.63, 3.8) is 0 Å². The first-order valence-electron chi connectivity index (χ1n) is 11.5. The van der Waals surface area contributed by atoms with E-state index in [0.717, 1.165) is 32.3 Å². The number of benzene rings is 5. The average Bonchev–Trinajstić information content (AvgIpc) is 2.81. The molecule has 0 aliphatic heterocycles. The molecule has 0 heterocycles. The van der Waals surface area contributed by atoms with E-state index in [2.05, 4.69) is 0 Å². The van der Waals surface area contributed by atoms with Crippen molar-refractivity contribution in [1.82, 2.24) is 0 Å². The average molecular weight is 451 g/mol. The van der Waals surface area contributed by atoms with E-state index in [-0.39, 0.29) is 23.1 Å². The Morgan fingerprint density at radius 3 is 0.765 bits per heavy atom. The zero-order valence-electron chi connectivity index (χ0n) is 20.3. The Bertz CT molecular complexity index is 1430. The van der Waals surface area contributed by atoms with E-state index in [4.69, 9.17) is 0 Å². The van der Waals surface area contributed by atoms with E-state index in [1.54, 1.807) is 24.3 Å². The summed E-state index contributed by atoms with van der Waals surface area (Å²) in [5, 5.41) is 6.56. The zero-order chi connectivity index (χ0) is 24.9. The van der Waals surface area contributed by atoms with Crippen LogP contribution in [-0.4, -0.2) is 23.1 Å². The lowest BCUT2D eigenvalue weighted by Crippen LogP contribution is -2.04. The first-order valence-corrected chi connectivity index (χ1v) is 11.5. The molecule has 0 amide bonds. The Morgan fingerprint density at radius 2 is 0.588 bits per heavy atom. The van der Waals surface area contributed by atoms with Crippen molar-refractivity contribution in [2.45, 2.75) is 41.5 Å². The second-order valence-corrected chi connectivity index (χ2v) is 8.37. The van der Waals surface area contributed by atoms with Crippen molar-refractivity contribution in [3.8, 4) is 0 Å².